The van der Waals surface area contributed by atoms with E-state index in [4.69, 9.17) is 5.14 Å². The van der Waals surface area contributed by atoms with Gasteiger partial charge in [0.1, 0.15) is 16.2 Å². The minimum atomic E-state index is -3.83. The number of sulfonamides is 1. The molecule has 0 fully saturated rings. The summed E-state index contributed by atoms with van der Waals surface area (Å²) in [4.78, 5) is 46.6. The van der Waals surface area contributed by atoms with E-state index in [0.29, 0.717) is 23.1 Å². The lowest BCUT2D eigenvalue weighted by atomic mass is 10.2. The molecule has 0 aliphatic heterocycles. The van der Waals surface area contributed by atoms with Gasteiger partial charge in [-0.2, -0.15) is 0 Å². The van der Waals surface area contributed by atoms with E-state index in [9.17, 15) is 22.8 Å². The van der Waals surface area contributed by atoms with Crippen LogP contribution in [0.15, 0.2) is 43.8 Å². The van der Waals surface area contributed by atoms with Crippen LogP contribution in [0.5, 0.6) is 0 Å². The smallest absolute Gasteiger partial charge is 0.325 e. The van der Waals surface area contributed by atoms with Gasteiger partial charge in [-0.15, -0.1) is 0 Å². The van der Waals surface area contributed by atoms with Crippen molar-refractivity contribution in [3.05, 3.63) is 50.9 Å². The molecule has 13 heteroatoms. The van der Waals surface area contributed by atoms with E-state index in [-0.39, 0.29) is 33.5 Å². The molecule has 3 aromatic rings. The van der Waals surface area contributed by atoms with Crippen molar-refractivity contribution in [3.8, 4) is 0 Å². The zero-order chi connectivity index (χ0) is 24.5. The maximum atomic E-state index is 12.9. The predicted octanol–water partition coefficient (Wildman–Crippen LogP) is 0.833. The highest BCUT2D eigenvalue weighted by molar-refractivity contribution is 8.00. The van der Waals surface area contributed by atoms with Crippen molar-refractivity contribution < 1.29 is 13.2 Å². The molecule has 1 amide bonds. The number of benzene rings is 1. The van der Waals surface area contributed by atoms with E-state index in [1.165, 1.54) is 35.9 Å². The number of rotatable bonds is 7. The summed E-state index contributed by atoms with van der Waals surface area (Å²) in [5.41, 5.74) is -0.364. The molecule has 3 N–H and O–H groups in total. The van der Waals surface area contributed by atoms with Crippen molar-refractivity contribution in [2.75, 3.05) is 11.1 Å². The van der Waals surface area contributed by atoms with Crippen molar-refractivity contribution in [2.24, 2.45) is 18.1 Å². The third-order valence-electron chi connectivity index (χ3n) is 4.61. The molecule has 176 valence electrons. The molecule has 0 atom stereocenters. The molecule has 33 heavy (non-hydrogen) atoms. The normalized spacial score (nSPS) is 11.8. The van der Waals surface area contributed by atoms with Crippen LogP contribution in [-0.2, 0) is 28.4 Å². The Balaban J connectivity index is 1.90. The number of aryl methyl sites for hydroxylation is 1. The Labute approximate surface area is 194 Å². The number of hydrogen-bond donors (Lipinski definition) is 2. The number of aromatic nitrogens is 4. The zero-order valence-corrected chi connectivity index (χ0v) is 20.2. The van der Waals surface area contributed by atoms with Crippen LogP contribution in [0.4, 0.5) is 5.69 Å². The van der Waals surface area contributed by atoms with Gasteiger partial charge in [0.2, 0.25) is 15.9 Å². The molecule has 1 aromatic carbocycles. The highest BCUT2D eigenvalue weighted by Crippen LogP contribution is 2.23. The highest BCUT2D eigenvalue weighted by atomic mass is 32.2. The van der Waals surface area contributed by atoms with E-state index in [1.807, 2.05) is 13.8 Å². The molecular formula is C20H24N6O5S2. The number of anilines is 1. The average Bonchev–Trinajstić information content (AvgIpc) is 2.73. The van der Waals surface area contributed by atoms with Crippen LogP contribution in [0, 0.1) is 12.8 Å². The first-order chi connectivity index (χ1) is 15.4. The topological polar surface area (TPSA) is 159 Å². The van der Waals surface area contributed by atoms with Crippen molar-refractivity contribution >= 4 is 44.4 Å². The molecule has 2 heterocycles. The number of amides is 1. The van der Waals surface area contributed by atoms with Gasteiger partial charge in [-0.1, -0.05) is 25.6 Å². The Kier molecular flexibility index (Phi) is 7.05. The second-order valence-corrected chi connectivity index (χ2v) is 10.4. The van der Waals surface area contributed by atoms with Crippen LogP contribution < -0.4 is 21.7 Å². The first-order valence-electron chi connectivity index (χ1n) is 9.92. The summed E-state index contributed by atoms with van der Waals surface area (Å²) in [6.45, 7) is 5.93. The molecule has 2 aromatic heterocycles. The first-order valence-corrected chi connectivity index (χ1v) is 12.5. The van der Waals surface area contributed by atoms with Crippen LogP contribution in [0.3, 0.4) is 0 Å². The number of primary sulfonamides is 1. The largest absolute Gasteiger partial charge is 0.332 e. The lowest BCUT2D eigenvalue weighted by Crippen LogP contribution is -2.39. The number of thioether (sulfide) groups is 1. The summed E-state index contributed by atoms with van der Waals surface area (Å²) in [5, 5.41) is 8.20. The van der Waals surface area contributed by atoms with Crippen molar-refractivity contribution in [1.82, 2.24) is 19.1 Å². The van der Waals surface area contributed by atoms with Crippen LogP contribution in [0.25, 0.3) is 11.0 Å². The molecular weight excluding hydrogens is 468 g/mol. The number of nitrogens with zero attached hydrogens (tertiary/aromatic N) is 4. The highest BCUT2D eigenvalue weighted by Gasteiger charge is 2.19. The second kappa shape index (κ2) is 9.45. The number of hydrogen-bond acceptors (Lipinski definition) is 8. The summed E-state index contributed by atoms with van der Waals surface area (Å²) in [5.74, 6) is 0.0463. The van der Waals surface area contributed by atoms with Gasteiger partial charge in [0.05, 0.1) is 10.6 Å². The SMILES string of the molecule is Cc1nc(SCC(=O)Nc2ccc(S(N)(=O)=O)cc2)c2c(=O)n(C)c(=O)n(CC(C)C)c2n1. The van der Waals surface area contributed by atoms with Crippen LogP contribution in [0.1, 0.15) is 19.7 Å². The Morgan fingerprint density at radius 3 is 2.39 bits per heavy atom. The van der Waals surface area contributed by atoms with E-state index in [1.54, 1.807) is 6.92 Å². The Bertz CT molecular complexity index is 1440. The van der Waals surface area contributed by atoms with Gasteiger partial charge in [0, 0.05) is 19.3 Å². The molecule has 0 saturated heterocycles. The van der Waals surface area contributed by atoms with Crippen molar-refractivity contribution in [1.29, 1.82) is 0 Å². The van der Waals surface area contributed by atoms with Gasteiger partial charge in [-0.3, -0.25) is 18.7 Å². The standard InChI is InChI=1S/C20H24N6O5S2/c1-11(2)9-26-17-16(19(28)25(4)20(26)29)18(23-12(3)22-17)32-10-15(27)24-13-5-7-14(8-6-13)33(21,30)31/h5-8,11H,9-10H2,1-4H3,(H,24,27)(H2,21,30,31). The fourth-order valence-electron chi connectivity index (χ4n) is 3.13. The van der Waals surface area contributed by atoms with Crippen molar-refractivity contribution in [3.63, 3.8) is 0 Å². The first kappa shape index (κ1) is 24.6. The van der Waals surface area contributed by atoms with Gasteiger partial charge in [0.25, 0.3) is 5.56 Å². The van der Waals surface area contributed by atoms with Crippen LogP contribution >= 0.6 is 11.8 Å². The molecule has 0 saturated carbocycles. The molecule has 0 aliphatic rings. The number of carbonyl (C=O) groups is 1. The summed E-state index contributed by atoms with van der Waals surface area (Å²) in [7, 11) is -2.43. The Morgan fingerprint density at radius 1 is 1.18 bits per heavy atom. The van der Waals surface area contributed by atoms with Crippen molar-refractivity contribution in [2.45, 2.75) is 37.2 Å². The Morgan fingerprint density at radius 2 is 1.82 bits per heavy atom. The monoisotopic (exact) mass is 492 g/mol. The van der Waals surface area contributed by atoms with E-state index >= 15 is 0 Å². The predicted molar refractivity (Wildman–Crippen MR) is 126 cm³/mol. The minimum Gasteiger partial charge on any atom is -0.325 e. The molecule has 3 rings (SSSR count). The summed E-state index contributed by atoms with van der Waals surface area (Å²) in [6, 6.07) is 5.42. The summed E-state index contributed by atoms with van der Waals surface area (Å²) >= 11 is 1.05. The van der Waals surface area contributed by atoms with Crippen LogP contribution in [-0.4, -0.2) is 39.2 Å². The van der Waals surface area contributed by atoms with Gasteiger partial charge in [-0.25, -0.2) is 28.3 Å². The maximum Gasteiger partial charge on any atom is 0.332 e. The molecule has 0 unspecified atom stereocenters. The lowest BCUT2D eigenvalue weighted by Gasteiger charge is -2.15. The molecule has 11 nitrogen and oxygen atoms in total. The molecule has 0 radical (unpaired) electrons. The van der Waals surface area contributed by atoms with E-state index in [2.05, 4.69) is 15.3 Å². The van der Waals surface area contributed by atoms with Gasteiger partial charge in [-0.05, 0) is 37.1 Å². The molecule has 0 spiro atoms. The summed E-state index contributed by atoms with van der Waals surface area (Å²) in [6.07, 6.45) is 0. The van der Waals surface area contributed by atoms with E-state index in [0.717, 1.165) is 16.3 Å². The Hall–Kier alpha value is -3.03. The summed E-state index contributed by atoms with van der Waals surface area (Å²) < 4.78 is 25.2. The quantitative estimate of drug-likeness (QED) is 0.362. The zero-order valence-electron chi connectivity index (χ0n) is 18.5. The van der Waals surface area contributed by atoms with Gasteiger partial charge < -0.3 is 5.32 Å². The fraction of sp³-hybridized carbons (Fsp3) is 0.350. The third kappa shape index (κ3) is 5.49. The minimum absolute atomic E-state index is 0.0684. The number of nitrogens with one attached hydrogen (secondary N) is 1. The average molecular weight is 493 g/mol. The third-order valence-corrected chi connectivity index (χ3v) is 6.52. The molecule has 0 aliphatic carbocycles. The number of nitrogens with two attached hydrogens (primary N) is 1. The maximum absolute atomic E-state index is 12.9. The number of fused-ring (bicyclic) bond motifs is 1. The second-order valence-electron chi connectivity index (χ2n) is 7.83. The van der Waals surface area contributed by atoms with Crippen LogP contribution in [0.2, 0.25) is 0 Å². The van der Waals surface area contributed by atoms with E-state index < -0.39 is 21.3 Å². The van der Waals surface area contributed by atoms with Gasteiger partial charge in [0.15, 0.2) is 5.65 Å². The molecule has 0 bridgehead atoms. The van der Waals surface area contributed by atoms with Gasteiger partial charge >= 0.3 is 5.69 Å². The fourth-order valence-corrected chi connectivity index (χ4v) is 4.51. The number of carbonyl (C=O) groups excluding carboxylic acids is 1. The lowest BCUT2D eigenvalue weighted by molar-refractivity contribution is -0.113.